The maximum Gasteiger partial charge on any atom is 0.331 e. The Hall–Kier alpha value is -2.89. The van der Waals surface area contributed by atoms with Crippen molar-refractivity contribution in [3.05, 3.63) is 58.9 Å². The van der Waals surface area contributed by atoms with Crippen LogP contribution in [0, 0.1) is 0 Å². The maximum atomic E-state index is 11.7. The van der Waals surface area contributed by atoms with Crippen LogP contribution in [0.15, 0.2) is 58.9 Å². The second-order valence-corrected chi connectivity index (χ2v) is 7.78. The van der Waals surface area contributed by atoms with Crippen LogP contribution < -0.4 is 0 Å². The van der Waals surface area contributed by atoms with Gasteiger partial charge in [0.15, 0.2) is 5.78 Å². The topological polar surface area (TPSA) is 89.9 Å². The number of ether oxygens (including phenoxy) is 2. The summed E-state index contributed by atoms with van der Waals surface area (Å²) in [6.07, 6.45) is 15.4. The fourth-order valence-corrected chi connectivity index (χ4v) is 2.98. The van der Waals surface area contributed by atoms with Crippen molar-refractivity contribution in [2.45, 2.75) is 79.2 Å². The zero-order chi connectivity index (χ0) is 24.5. The van der Waals surface area contributed by atoms with E-state index in [0.717, 1.165) is 0 Å². The lowest BCUT2D eigenvalue weighted by atomic mass is 10.1. The van der Waals surface area contributed by atoms with E-state index in [9.17, 15) is 9.59 Å². The van der Waals surface area contributed by atoms with Gasteiger partial charge in [-0.05, 0) is 77.0 Å². The lowest BCUT2D eigenvalue weighted by molar-refractivity contribution is -0.137. The normalized spacial score (nSPS) is 21.7. The molecule has 0 bridgehead atoms. The average Bonchev–Trinajstić information content (AvgIpc) is 3.00. The summed E-state index contributed by atoms with van der Waals surface area (Å²) < 4.78 is 10.7. The summed E-state index contributed by atoms with van der Waals surface area (Å²) >= 11 is 0. The first-order valence-electron chi connectivity index (χ1n) is 11.0. The fourth-order valence-electron chi connectivity index (χ4n) is 2.98. The number of carbonyl (C=O) groups is 3. The molecular formula is C26H38O6. The summed E-state index contributed by atoms with van der Waals surface area (Å²) in [5.74, 6) is -0.275. The molecule has 0 amide bonds. The molecule has 0 unspecified atom stereocenters. The molecule has 6 nitrogen and oxygen atoms in total. The van der Waals surface area contributed by atoms with Crippen LogP contribution in [-0.4, -0.2) is 36.0 Å². The molecule has 178 valence electrons. The molecule has 1 N–H and O–H groups in total. The van der Waals surface area contributed by atoms with Crippen molar-refractivity contribution in [1.82, 2.24) is 0 Å². The molecule has 0 aromatic heterocycles. The minimum absolute atomic E-state index is 0.0902. The van der Waals surface area contributed by atoms with Gasteiger partial charge in [0.1, 0.15) is 12.4 Å². The Bertz CT molecular complexity index is 765. The van der Waals surface area contributed by atoms with Crippen LogP contribution in [0.25, 0.3) is 0 Å². The summed E-state index contributed by atoms with van der Waals surface area (Å²) in [5, 5.41) is 6.89. The van der Waals surface area contributed by atoms with Crippen molar-refractivity contribution in [3.8, 4) is 0 Å². The number of hydrogen-bond acceptors (Lipinski definition) is 5. The molecule has 0 radical (unpaired) electrons. The van der Waals surface area contributed by atoms with E-state index in [4.69, 9.17) is 19.4 Å². The van der Waals surface area contributed by atoms with Gasteiger partial charge in [0.05, 0.1) is 11.7 Å². The third-order valence-corrected chi connectivity index (χ3v) is 4.81. The quantitative estimate of drug-likeness (QED) is 0.331. The zero-order valence-corrected chi connectivity index (χ0v) is 20.1. The highest BCUT2D eigenvalue weighted by molar-refractivity contribution is 5.95. The van der Waals surface area contributed by atoms with Gasteiger partial charge in [-0.25, -0.2) is 4.79 Å². The minimum Gasteiger partial charge on any atom is -0.490 e. The number of carboxylic acid groups (broad SMARTS) is 1. The van der Waals surface area contributed by atoms with Gasteiger partial charge in [-0.3, -0.25) is 9.59 Å². The Labute approximate surface area is 192 Å². The van der Waals surface area contributed by atoms with Crippen molar-refractivity contribution in [2.75, 3.05) is 6.61 Å². The number of rotatable bonds is 4. The van der Waals surface area contributed by atoms with Crippen molar-refractivity contribution in [1.29, 1.82) is 0 Å². The summed E-state index contributed by atoms with van der Waals surface area (Å²) in [4.78, 5) is 31.7. The Kier molecular flexibility index (Phi) is 15.2. The van der Waals surface area contributed by atoms with Crippen LogP contribution in [0.3, 0.4) is 0 Å². The highest BCUT2D eigenvalue weighted by Gasteiger charge is 2.16. The number of esters is 1. The van der Waals surface area contributed by atoms with E-state index < -0.39 is 5.97 Å². The second-order valence-electron chi connectivity index (χ2n) is 7.78. The first kappa shape index (κ1) is 29.1. The van der Waals surface area contributed by atoms with Gasteiger partial charge in [0.2, 0.25) is 0 Å². The van der Waals surface area contributed by atoms with Crippen LogP contribution in [0.1, 0.15) is 73.1 Å². The van der Waals surface area contributed by atoms with E-state index in [2.05, 4.69) is 19.6 Å². The predicted molar refractivity (Wildman–Crippen MR) is 127 cm³/mol. The monoisotopic (exact) mass is 446 g/mol. The first-order chi connectivity index (χ1) is 15.2. The highest BCUT2D eigenvalue weighted by atomic mass is 16.5. The number of ketones is 1. The Morgan fingerprint density at radius 3 is 2.50 bits per heavy atom. The van der Waals surface area contributed by atoms with Gasteiger partial charge in [-0.1, -0.05) is 37.6 Å². The lowest BCUT2D eigenvalue weighted by Gasteiger charge is -2.16. The van der Waals surface area contributed by atoms with E-state index in [1.807, 2.05) is 13.8 Å². The molecule has 0 aromatic rings. The minimum atomic E-state index is -0.499. The van der Waals surface area contributed by atoms with E-state index in [-0.39, 0.29) is 25.0 Å². The molecule has 6 heteroatoms. The van der Waals surface area contributed by atoms with E-state index >= 15 is 0 Å². The average molecular weight is 447 g/mol. The Morgan fingerprint density at radius 1 is 1.28 bits per heavy atom. The van der Waals surface area contributed by atoms with Crippen molar-refractivity contribution in [3.63, 3.8) is 0 Å². The number of hydrogen-bond donors (Lipinski definition) is 1. The van der Waals surface area contributed by atoms with Crippen molar-refractivity contribution >= 4 is 18.2 Å². The molecule has 1 heterocycles. The third kappa shape index (κ3) is 12.7. The van der Waals surface area contributed by atoms with Gasteiger partial charge < -0.3 is 14.6 Å². The van der Waals surface area contributed by atoms with Gasteiger partial charge >= 0.3 is 5.97 Å². The third-order valence-electron chi connectivity index (χ3n) is 4.81. The molecule has 0 atom stereocenters. The first-order valence-corrected chi connectivity index (χ1v) is 11.0. The van der Waals surface area contributed by atoms with E-state index in [1.54, 1.807) is 24.6 Å². The largest absolute Gasteiger partial charge is 0.490 e. The summed E-state index contributed by atoms with van der Waals surface area (Å²) in [6, 6.07) is 0. The maximum absolute atomic E-state index is 11.7. The Morgan fingerprint density at radius 2 is 1.94 bits per heavy atom. The summed E-state index contributed by atoms with van der Waals surface area (Å²) in [5.41, 5.74) is 3.40. The molecule has 0 saturated heterocycles. The standard InChI is InChI=1S/C16H20O4.C9H16.CH2O2/c1-10(2)20-15-7-6-11(3)12(4)8-16(18)19-9-14(15)13(5)17;1-2-9-7-5-3-4-6-8-9;2-1-3/h6-8,10H,3,9H2,1-2,4-5H3;7H,2-6,8H2,1H3;1H,(H,2,3)/b7-6-,12-8-,15-14-;;. The molecule has 0 spiro atoms. The van der Waals surface area contributed by atoms with Crippen molar-refractivity contribution < 1.29 is 29.0 Å². The second kappa shape index (κ2) is 16.8. The van der Waals surface area contributed by atoms with Crippen LogP contribution in [-0.2, 0) is 23.9 Å². The molecule has 2 rings (SSSR count). The molecule has 1 aliphatic carbocycles. The summed E-state index contributed by atoms with van der Waals surface area (Å²) in [6.45, 7) is 12.7. The number of cyclic esters (lactones) is 1. The van der Waals surface area contributed by atoms with Gasteiger partial charge in [-0.2, -0.15) is 0 Å². The predicted octanol–water partition coefficient (Wildman–Crippen LogP) is 5.86. The zero-order valence-electron chi connectivity index (χ0n) is 20.1. The smallest absolute Gasteiger partial charge is 0.331 e. The molecule has 1 aliphatic heterocycles. The summed E-state index contributed by atoms with van der Waals surface area (Å²) in [7, 11) is 0. The van der Waals surface area contributed by atoms with Gasteiger partial charge in [0, 0.05) is 6.08 Å². The van der Waals surface area contributed by atoms with E-state index in [1.165, 1.54) is 51.5 Å². The number of Topliss-reactive ketones (excluding diaryl/α,β-unsaturated/α-hetero) is 1. The molecule has 0 saturated carbocycles. The van der Waals surface area contributed by atoms with Crippen LogP contribution in [0.4, 0.5) is 0 Å². The molecule has 32 heavy (non-hydrogen) atoms. The van der Waals surface area contributed by atoms with Crippen LogP contribution >= 0.6 is 0 Å². The lowest BCUT2D eigenvalue weighted by Crippen LogP contribution is -2.15. The number of allylic oxidation sites excluding steroid dienone is 6. The molecular weight excluding hydrogens is 408 g/mol. The fraction of sp³-hybridized carbons (Fsp3) is 0.500. The number of carbonyl (C=O) groups excluding carboxylic acids is 2. The van der Waals surface area contributed by atoms with E-state index in [0.29, 0.717) is 22.5 Å². The van der Waals surface area contributed by atoms with Crippen molar-refractivity contribution in [2.24, 2.45) is 0 Å². The van der Waals surface area contributed by atoms with Gasteiger partial charge in [-0.15, -0.1) is 0 Å². The van der Waals surface area contributed by atoms with Crippen LogP contribution in [0.2, 0.25) is 0 Å². The SMILES string of the molecule is C=C1/C=C\C(OC(C)C)=C(\C(C)=O)COC(=O)/C=C\1C.CCC1=CCCCCC1.O=CO. The van der Waals surface area contributed by atoms with Crippen LogP contribution in [0.5, 0.6) is 0 Å². The highest BCUT2D eigenvalue weighted by Crippen LogP contribution is 2.19. The molecule has 0 fully saturated rings. The molecule has 0 aromatic carbocycles. The Balaban J connectivity index is 0.000000659. The molecule has 2 aliphatic rings. The van der Waals surface area contributed by atoms with Gasteiger partial charge in [0.25, 0.3) is 6.47 Å².